The van der Waals surface area contributed by atoms with Gasteiger partial charge in [-0.15, -0.1) is 0 Å². The largest absolute Gasteiger partial charge is 0.379 e. The van der Waals surface area contributed by atoms with Crippen LogP contribution in [0.25, 0.3) is 0 Å². The zero-order valence-corrected chi connectivity index (χ0v) is 12.2. The number of amides is 1. The Labute approximate surface area is 111 Å². The summed E-state index contributed by atoms with van der Waals surface area (Å²) in [5.41, 5.74) is -0.210. The zero-order valence-electron chi connectivity index (χ0n) is 12.2. The van der Waals surface area contributed by atoms with Gasteiger partial charge >= 0.3 is 0 Å². The molecule has 3 heteroatoms. The zero-order chi connectivity index (χ0) is 14.4. The number of hydrogen-bond acceptors (Lipinski definition) is 2. The fourth-order valence-electron chi connectivity index (χ4n) is 1.80. The van der Waals surface area contributed by atoms with Crippen molar-refractivity contribution in [2.45, 2.75) is 39.7 Å². The molecule has 0 radical (unpaired) electrons. The second kappa shape index (κ2) is 6.55. The lowest BCUT2D eigenvalue weighted by Gasteiger charge is -2.33. The van der Waals surface area contributed by atoms with Gasteiger partial charge in [0.25, 0.3) is 0 Å². The summed E-state index contributed by atoms with van der Waals surface area (Å²) in [4.78, 5) is 12.2. The third-order valence-electron chi connectivity index (χ3n) is 2.81. The quantitative estimate of drug-likeness (QED) is 0.706. The van der Waals surface area contributed by atoms with Crippen molar-refractivity contribution in [2.24, 2.45) is 5.41 Å². The molecular formula is C15H25NO2. The SMILES string of the molecule is C=C/C=C(\C=C)NC(=O)C(C)(C)CC(C)(C)OC. The second-order valence-corrected chi connectivity index (χ2v) is 5.54. The summed E-state index contributed by atoms with van der Waals surface area (Å²) >= 11 is 0. The van der Waals surface area contributed by atoms with E-state index in [0.717, 1.165) is 0 Å². The number of allylic oxidation sites excluding steroid dienone is 3. The fraction of sp³-hybridized carbons (Fsp3) is 0.533. The van der Waals surface area contributed by atoms with Crippen LogP contribution in [-0.4, -0.2) is 18.6 Å². The molecule has 0 aliphatic heterocycles. The normalized spacial score (nSPS) is 13.1. The molecule has 0 aromatic rings. The smallest absolute Gasteiger partial charge is 0.230 e. The molecule has 0 rings (SSSR count). The molecule has 0 heterocycles. The van der Waals surface area contributed by atoms with Crippen LogP contribution in [0.5, 0.6) is 0 Å². The number of nitrogens with one attached hydrogen (secondary N) is 1. The van der Waals surface area contributed by atoms with Crippen molar-refractivity contribution < 1.29 is 9.53 Å². The van der Waals surface area contributed by atoms with Crippen LogP contribution in [-0.2, 0) is 9.53 Å². The van der Waals surface area contributed by atoms with Crippen LogP contribution in [0.4, 0.5) is 0 Å². The van der Waals surface area contributed by atoms with E-state index < -0.39 is 5.41 Å². The van der Waals surface area contributed by atoms with E-state index in [1.165, 1.54) is 0 Å². The van der Waals surface area contributed by atoms with Crippen LogP contribution in [0.15, 0.2) is 37.1 Å². The first-order valence-electron chi connectivity index (χ1n) is 6.00. The van der Waals surface area contributed by atoms with Gasteiger partial charge in [-0.1, -0.05) is 33.1 Å². The lowest BCUT2D eigenvalue weighted by atomic mass is 9.81. The monoisotopic (exact) mass is 251 g/mol. The van der Waals surface area contributed by atoms with Crippen molar-refractivity contribution in [1.29, 1.82) is 0 Å². The molecule has 3 nitrogen and oxygen atoms in total. The Morgan fingerprint density at radius 3 is 2.22 bits per heavy atom. The van der Waals surface area contributed by atoms with Crippen molar-refractivity contribution in [2.75, 3.05) is 7.11 Å². The van der Waals surface area contributed by atoms with Crippen molar-refractivity contribution in [3.8, 4) is 0 Å². The molecule has 0 aliphatic carbocycles. The second-order valence-electron chi connectivity index (χ2n) is 5.54. The van der Waals surface area contributed by atoms with Crippen molar-refractivity contribution in [1.82, 2.24) is 5.32 Å². The van der Waals surface area contributed by atoms with E-state index in [-0.39, 0.29) is 11.5 Å². The van der Waals surface area contributed by atoms with Gasteiger partial charge in [0.05, 0.1) is 5.60 Å². The van der Waals surface area contributed by atoms with Crippen LogP contribution < -0.4 is 5.32 Å². The average molecular weight is 251 g/mol. The predicted molar refractivity (Wildman–Crippen MR) is 76.1 cm³/mol. The molecule has 18 heavy (non-hydrogen) atoms. The molecule has 1 amide bonds. The fourth-order valence-corrected chi connectivity index (χ4v) is 1.80. The number of hydrogen-bond donors (Lipinski definition) is 1. The van der Waals surface area contributed by atoms with E-state index in [0.29, 0.717) is 12.1 Å². The molecule has 0 atom stereocenters. The van der Waals surface area contributed by atoms with Gasteiger partial charge in [-0.3, -0.25) is 4.79 Å². The minimum absolute atomic E-state index is 0.0550. The Kier molecular flexibility index (Phi) is 6.06. The first-order valence-corrected chi connectivity index (χ1v) is 6.00. The van der Waals surface area contributed by atoms with Gasteiger partial charge in [-0.25, -0.2) is 0 Å². The van der Waals surface area contributed by atoms with E-state index in [9.17, 15) is 4.79 Å². The number of carbonyl (C=O) groups excluding carboxylic acids is 1. The summed E-state index contributed by atoms with van der Waals surface area (Å²) < 4.78 is 5.37. The summed E-state index contributed by atoms with van der Waals surface area (Å²) in [5.74, 6) is -0.0550. The number of rotatable bonds is 7. The maximum absolute atomic E-state index is 12.2. The van der Waals surface area contributed by atoms with E-state index in [2.05, 4.69) is 18.5 Å². The molecule has 1 N–H and O–H groups in total. The molecule has 0 unspecified atom stereocenters. The van der Waals surface area contributed by atoms with Crippen LogP contribution in [0.2, 0.25) is 0 Å². The first-order chi connectivity index (χ1) is 8.18. The number of methoxy groups -OCH3 is 1. The van der Waals surface area contributed by atoms with Crippen molar-refractivity contribution in [3.05, 3.63) is 37.1 Å². The Balaban J connectivity index is 4.81. The van der Waals surface area contributed by atoms with Crippen LogP contribution in [0.1, 0.15) is 34.1 Å². The highest BCUT2D eigenvalue weighted by Crippen LogP contribution is 2.30. The first kappa shape index (κ1) is 16.6. The van der Waals surface area contributed by atoms with E-state index in [1.54, 1.807) is 25.3 Å². The third-order valence-corrected chi connectivity index (χ3v) is 2.81. The van der Waals surface area contributed by atoms with E-state index in [1.807, 2.05) is 27.7 Å². The van der Waals surface area contributed by atoms with Crippen LogP contribution in [0, 0.1) is 5.41 Å². The van der Waals surface area contributed by atoms with Crippen LogP contribution in [0.3, 0.4) is 0 Å². The van der Waals surface area contributed by atoms with Gasteiger partial charge < -0.3 is 10.1 Å². The predicted octanol–water partition coefficient (Wildman–Crippen LogP) is 3.20. The van der Waals surface area contributed by atoms with Gasteiger partial charge in [-0.2, -0.15) is 0 Å². The van der Waals surface area contributed by atoms with Gasteiger partial charge in [0, 0.05) is 18.2 Å². The third kappa shape index (κ3) is 5.32. The van der Waals surface area contributed by atoms with Crippen LogP contribution >= 0.6 is 0 Å². The van der Waals surface area contributed by atoms with E-state index in [4.69, 9.17) is 4.74 Å². The lowest BCUT2D eigenvalue weighted by molar-refractivity contribution is -0.132. The van der Waals surface area contributed by atoms with E-state index >= 15 is 0 Å². The topological polar surface area (TPSA) is 38.3 Å². The minimum atomic E-state index is -0.525. The summed E-state index contributed by atoms with van der Waals surface area (Å²) in [6.07, 6.45) is 5.55. The molecule has 0 aromatic heterocycles. The van der Waals surface area contributed by atoms with Crippen molar-refractivity contribution >= 4 is 5.91 Å². The highest BCUT2D eigenvalue weighted by Gasteiger charge is 2.34. The molecule has 0 bridgehead atoms. The maximum atomic E-state index is 12.2. The lowest BCUT2D eigenvalue weighted by Crippen LogP contribution is -2.41. The van der Waals surface area contributed by atoms with Crippen molar-refractivity contribution in [3.63, 3.8) is 0 Å². The molecule has 0 fully saturated rings. The van der Waals surface area contributed by atoms with Gasteiger partial charge in [0.15, 0.2) is 0 Å². The molecule has 102 valence electrons. The molecule has 0 aromatic carbocycles. The highest BCUT2D eigenvalue weighted by molar-refractivity contribution is 5.83. The molecular weight excluding hydrogens is 226 g/mol. The molecule has 0 aliphatic rings. The number of carbonyl (C=O) groups is 1. The summed E-state index contributed by atoms with van der Waals surface area (Å²) in [5, 5.41) is 2.83. The summed E-state index contributed by atoms with van der Waals surface area (Å²) in [6.45, 7) is 15.0. The minimum Gasteiger partial charge on any atom is -0.379 e. The van der Waals surface area contributed by atoms with Gasteiger partial charge in [0.2, 0.25) is 5.91 Å². The summed E-state index contributed by atoms with van der Waals surface area (Å²) in [6, 6.07) is 0. The Hall–Kier alpha value is -1.35. The highest BCUT2D eigenvalue weighted by atomic mass is 16.5. The average Bonchev–Trinajstić information content (AvgIpc) is 2.27. The maximum Gasteiger partial charge on any atom is 0.230 e. The Morgan fingerprint density at radius 1 is 1.28 bits per heavy atom. The van der Waals surface area contributed by atoms with Gasteiger partial charge in [-0.05, 0) is 32.4 Å². The Bertz CT molecular complexity index is 352. The molecule has 0 spiro atoms. The molecule has 0 saturated heterocycles. The number of ether oxygens (including phenoxy) is 1. The molecule has 0 saturated carbocycles. The standard InChI is InChI=1S/C15H25NO2/c1-8-10-12(9-2)16-13(17)14(3,4)11-15(5,6)18-7/h8-10H,1-2,11H2,3-7H3,(H,16,17)/b12-10+. The van der Waals surface area contributed by atoms with Gasteiger partial charge in [0.1, 0.15) is 0 Å². The Morgan fingerprint density at radius 2 is 1.83 bits per heavy atom. The summed E-state index contributed by atoms with van der Waals surface area (Å²) in [7, 11) is 1.65.